The van der Waals surface area contributed by atoms with Gasteiger partial charge >= 0.3 is 5.97 Å². The van der Waals surface area contributed by atoms with Crippen molar-refractivity contribution >= 4 is 11.9 Å². The second-order valence-corrected chi connectivity index (χ2v) is 7.63. The monoisotopic (exact) mass is 387 g/mol. The van der Waals surface area contributed by atoms with Crippen LogP contribution in [0.15, 0.2) is 23.5 Å². The van der Waals surface area contributed by atoms with Gasteiger partial charge in [-0.05, 0) is 11.8 Å². The van der Waals surface area contributed by atoms with E-state index in [1.165, 1.54) is 6.92 Å². The van der Waals surface area contributed by atoms with Gasteiger partial charge in [0.05, 0.1) is 12.6 Å². The third-order valence-corrected chi connectivity index (χ3v) is 4.03. The minimum atomic E-state index is -1.73. The van der Waals surface area contributed by atoms with Gasteiger partial charge in [-0.2, -0.15) is 0 Å². The molecule has 1 aliphatic rings. The van der Waals surface area contributed by atoms with E-state index in [4.69, 9.17) is 9.84 Å². The van der Waals surface area contributed by atoms with Crippen molar-refractivity contribution in [2.24, 2.45) is 5.41 Å². The average molecular weight is 387 g/mol. The molecule has 0 saturated carbocycles. The fourth-order valence-corrected chi connectivity index (χ4v) is 2.76. The first-order valence-corrected chi connectivity index (χ1v) is 8.62. The molecular weight excluding hydrogens is 358 g/mol. The van der Waals surface area contributed by atoms with E-state index >= 15 is 0 Å². The van der Waals surface area contributed by atoms with Gasteiger partial charge < -0.3 is 35.6 Å². The molecule has 0 bridgehead atoms. The third kappa shape index (κ3) is 6.31. The van der Waals surface area contributed by atoms with Crippen LogP contribution in [0.25, 0.3) is 0 Å². The molecule has 9 heteroatoms. The molecule has 1 amide bonds. The van der Waals surface area contributed by atoms with Crippen molar-refractivity contribution in [3.8, 4) is 0 Å². The number of amides is 1. The third-order valence-electron chi connectivity index (χ3n) is 4.03. The molecule has 0 saturated heterocycles. The summed E-state index contributed by atoms with van der Waals surface area (Å²) < 4.78 is 5.36. The molecule has 0 spiro atoms. The summed E-state index contributed by atoms with van der Waals surface area (Å²) in [5.74, 6) is -2.55. The molecule has 0 aliphatic carbocycles. The topological polar surface area (TPSA) is 157 Å². The van der Waals surface area contributed by atoms with Crippen LogP contribution in [0.3, 0.4) is 0 Å². The predicted octanol–water partition coefficient (Wildman–Crippen LogP) is -0.704. The first-order chi connectivity index (χ1) is 12.4. The Morgan fingerprint density at radius 3 is 2.33 bits per heavy atom. The summed E-state index contributed by atoms with van der Waals surface area (Å²) in [4.78, 5) is 23.1. The normalized spacial score (nSPS) is 25.9. The quantitative estimate of drug-likeness (QED) is 0.313. The van der Waals surface area contributed by atoms with Gasteiger partial charge in [-0.1, -0.05) is 32.9 Å². The van der Waals surface area contributed by atoms with Gasteiger partial charge in [0, 0.05) is 12.5 Å². The van der Waals surface area contributed by atoms with Crippen LogP contribution >= 0.6 is 0 Å². The highest BCUT2D eigenvalue weighted by Crippen LogP contribution is 2.31. The van der Waals surface area contributed by atoms with E-state index < -0.39 is 54.7 Å². The van der Waals surface area contributed by atoms with Crippen LogP contribution in [-0.4, -0.2) is 74.5 Å². The fourth-order valence-electron chi connectivity index (χ4n) is 2.76. The molecule has 0 aromatic rings. The van der Waals surface area contributed by atoms with Crippen LogP contribution in [-0.2, 0) is 14.3 Å². The van der Waals surface area contributed by atoms with Crippen molar-refractivity contribution in [1.82, 2.24) is 5.32 Å². The largest absolute Gasteiger partial charge is 0.478 e. The van der Waals surface area contributed by atoms with E-state index in [2.05, 4.69) is 5.32 Å². The summed E-state index contributed by atoms with van der Waals surface area (Å²) in [6.45, 7) is 6.23. The van der Waals surface area contributed by atoms with Crippen molar-refractivity contribution in [1.29, 1.82) is 0 Å². The Bertz CT molecular complexity index is 607. The molecular formula is C18H29NO8. The average Bonchev–Trinajstić information content (AvgIpc) is 2.55. The van der Waals surface area contributed by atoms with Gasteiger partial charge in [-0.25, -0.2) is 4.79 Å². The molecule has 27 heavy (non-hydrogen) atoms. The summed E-state index contributed by atoms with van der Waals surface area (Å²) in [5.41, 5.74) is -0.130. The summed E-state index contributed by atoms with van der Waals surface area (Å²) >= 11 is 0. The van der Waals surface area contributed by atoms with Crippen LogP contribution in [0.1, 0.15) is 34.1 Å². The molecule has 0 aromatic carbocycles. The Balaban J connectivity index is 3.31. The van der Waals surface area contributed by atoms with E-state index in [0.29, 0.717) is 0 Å². The molecule has 0 aromatic heterocycles. The summed E-state index contributed by atoms with van der Waals surface area (Å²) in [5, 5.41) is 51.5. The van der Waals surface area contributed by atoms with Gasteiger partial charge in [0.2, 0.25) is 11.7 Å². The number of carbonyl (C=O) groups excluding carboxylic acids is 1. The number of aliphatic carboxylic acids is 1. The van der Waals surface area contributed by atoms with Gasteiger partial charge in [0.25, 0.3) is 0 Å². The van der Waals surface area contributed by atoms with Crippen LogP contribution in [0.4, 0.5) is 0 Å². The molecule has 1 heterocycles. The number of carboxylic acids is 1. The number of ether oxygens (including phenoxy) is 1. The lowest BCUT2D eigenvalue weighted by Crippen LogP contribution is -2.61. The van der Waals surface area contributed by atoms with Crippen LogP contribution in [0.2, 0.25) is 0 Å². The minimum Gasteiger partial charge on any atom is -0.478 e. The zero-order valence-electron chi connectivity index (χ0n) is 15.9. The zero-order chi connectivity index (χ0) is 20.9. The van der Waals surface area contributed by atoms with Gasteiger partial charge in [0.15, 0.2) is 6.10 Å². The number of rotatable bonds is 7. The lowest BCUT2D eigenvalue weighted by atomic mass is 9.87. The maximum Gasteiger partial charge on any atom is 0.371 e. The molecule has 9 nitrogen and oxygen atoms in total. The number of aliphatic hydroxyl groups excluding tert-OH is 4. The Morgan fingerprint density at radius 2 is 1.89 bits per heavy atom. The second kappa shape index (κ2) is 9.32. The highest BCUT2D eigenvalue weighted by Gasteiger charge is 2.46. The Hall–Kier alpha value is -1.94. The Morgan fingerprint density at radius 1 is 1.30 bits per heavy atom. The standard InChI is InChI=1S/C18H29NO8/c1-9(21)19-12-13(23)10(6-5-7-18(2,3)4)15(17(25)26)27-16(12)14(24)11(22)8-20/h5,7,11-14,16,20,22-24H,6,8H2,1-4H3,(H,19,21)(H,25,26)/b7-5+/t11-,12-,13+,14-,16-/m1/s1. The van der Waals surface area contributed by atoms with Crippen molar-refractivity contribution < 1.29 is 39.9 Å². The lowest BCUT2D eigenvalue weighted by molar-refractivity contribution is -0.150. The van der Waals surface area contributed by atoms with E-state index in [1.54, 1.807) is 6.08 Å². The van der Waals surface area contributed by atoms with Crippen molar-refractivity contribution in [3.05, 3.63) is 23.5 Å². The summed E-state index contributed by atoms with van der Waals surface area (Å²) in [7, 11) is 0. The minimum absolute atomic E-state index is 0.0312. The highest BCUT2D eigenvalue weighted by atomic mass is 16.5. The van der Waals surface area contributed by atoms with Crippen molar-refractivity contribution in [2.45, 2.75) is 64.6 Å². The number of carbonyl (C=O) groups is 2. The predicted molar refractivity (Wildman–Crippen MR) is 95.5 cm³/mol. The summed E-state index contributed by atoms with van der Waals surface area (Å²) in [6.07, 6.45) is -2.72. The number of hydrogen-bond acceptors (Lipinski definition) is 7. The van der Waals surface area contributed by atoms with E-state index in [0.717, 1.165) is 0 Å². The molecule has 0 unspecified atom stereocenters. The number of allylic oxidation sites excluding steroid dienone is 2. The molecule has 0 radical (unpaired) electrons. The Kier molecular flexibility index (Phi) is 7.97. The first kappa shape index (κ1) is 23.1. The molecule has 5 atom stereocenters. The van der Waals surface area contributed by atoms with Crippen molar-refractivity contribution in [3.63, 3.8) is 0 Å². The first-order valence-electron chi connectivity index (χ1n) is 8.62. The highest BCUT2D eigenvalue weighted by molar-refractivity contribution is 5.86. The van der Waals surface area contributed by atoms with Crippen molar-refractivity contribution in [2.75, 3.05) is 6.61 Å². The van der Waals surface area contributed by atoms with Crippen LogP contribution < -0.4 is 5.32 Å². The van der Waals surface area contributed by atoms with Crippen LogP contribution in [0.5, 0.6) is 0 Å². The number of carboxylic acid groups (broad SMARTS) is 1. The molecule has 1 aliphatic heterocycles. The van der Waals surface area contributed by atoms with Gasteiger partial charge in [0.1, 0.15) is 18.3 Å². The van der Waals surface area contributed by atoms with E-state index in [1.807, 2.05) is 26.8 Å². The molecule has 0 fully saturated rings. The van der Waals surface area contributed by atoms with Gasteiger partial charge in [-0.3, -0.25) is 4.79 Å². The molecule has 1 rings (SSSR count). The lowest BCUT2D eigenvalue weighted by Gasteiger charge is -2.40. The molecule has 6 N–H and O–H groups in total. The maximum atomic E-state index is 11.6. The number of nitrogens with one attached hydrogen (secondary N) is 1. The SMILES string of the molecule is CC(=O)N[C@H]1[C@H]([C@H](O)[C@H](O)CO)OC(C(=O)O)=C(C/C=C/C(C)(C)C)[C@@H]1O. The van der Waals surface area contributed by atoms with Gasteiger partial charge in [-0.15, -0.1) is 0 Å². The summed E-state index contributed by atoms with van der Waals surface area (Å²) in [6, 6.07) is -1.21. The maximum absolute atomic E-state index is 11.6. The Labute approximate surface area is 158 Å². The smallest absolute Gasteiger partial charge is 0.371 e. The molecule has 154 valence electrons. The van der Waals surface area contributed by atoms with E-state index in [9.17, 15) is 30.0 Å². The fraction of sp³-hybridized carbons (Fsp3) is 0.667. The van der Waals surface area contributed by atoms with Crippen LogP contribution in [0, 0.1) is 5.41 Å². The van der Waals surface area contributed by atoms with E-state index in [-0.39, 0.29) is 17.4 Å². The number of hydrogen-bond donors (Lipinski definition) is 6. The zero-order valence-corrected chi connectivity index (χ0v) is 15.9. The second-order valence-electron chi connectivity index (χ2n) is 7.63. The number of aliphatic hydroxyl groups is 4.